The molecule has 120 valence electrons. The fourth-order valence-corrected chi connectivity index (χ4v) is 3.20. The molecule has 2 aromatic heterocycles. The highest BCUT2D eigenvalue weighted by molar-refractivity contribution is 7.92. The van der Waals surface area contributed by atoms with Gasteiger partial charge in [0.2, 0.25) is 0 Å². The van der Waals surface area contributed by atoms with Crippen LogP contribution in [-0.4, -0.2) is 13.4 Å². The third-order valence-electron chi connectivity index (χ3n) is 3.25. The van der Waals surface area contributed by atoms with Crippen molar-refractivity contribution in [3.63, 3.8) is 0 Å². The lowest BCUT2D eigenvalue weighted by Gasteiger charge is -2.15. The van der Waals surface area contributed by atoms with Gasteiger partial charge in [0, 0.05) is 18.5 Å². The van der Waals surface area contributed by atoms with Crippen LogP contribution in [0.3, 0.4) is 0 Å². The standard InChI is InChI=1S/C15H12F2N2O3S/c1-15(16,17)12-3-2-7-18-14(12)19-23(20,21)11-4-5-13-10(9-11)6-8-22-13/h2-9H,1H3,(H,18,19). The Balaban J connectivity index is 2.02. The number of furan rings is 1. The number of aromatic nitrogens is 1. The van der Waals surface area contributed by atoms with Gasteiger partial charge < -0.3 is 4.42 Å². The molecule has 0 atom stereocenters. The molecule has 3 rings (SSSR count). The fourth-order valence-electron chi connectivity index (χ4n) is 2.14. The molecule has 0 saturated carbocycles. The van der Waals surface area contributed by atoms with Crippen LogP contribution >= 0.6 is 0 Å². The second-order valence-electron chi connectivity index (χ2n) is 5.01. The van der Waals surface area contributed by atoms with Gasteiger partial charge in [-0.05, 0) is 36.4 Å². The number of rotatable bonds is 4. The zero-order valence-corrected chi connectivity index (χ0v) is 12.8. The molecule has 0 unspecified atom stereocenters. The number of halogens is 2. The molecule has 2 heterocycles. The molecule has 0 aliphatic heterocycles. The van der Waals surface area contributed by atoms with Crippen molar-refractivity contribution >= 4 is 26.8 Å². The molecule has 1 N–H and O–H groups in total. The molecule has 0 amide bonds. The highest BCUT2D eigenvalue weighted by Gasteiger charge is 2.30. The Labute approximate surface area is 131 Å². The molecule has 0 spiro atoms. The van der Waals surface area contributed by atoms with Gasteiger partial charge in [-0.3, -0.25) is 4.72 Å². The summed E-state index contributed by atoms with van der Waals surface area (Å²) in [6.45, 7) is 0.680. The van der Waals surface area contributed by atoms with Crippen LogP contribution in [0.1, 0.15) is 12.5 Å². The lowest BCUT2D eigenvalue weighted by atomic mass is 10.1. The summed E-state index contributed by atoms with van der Waals surface area (Å²) in [7, 11) is -4.05. The van der Waals surface area contributed by atoms with Gasteiger partial charge in [0.25, 0.3) is 15.9 Å². The number of alkyl halides is 2. The molecular formula is C15H12F2N2O3S. The Morgan fingerprint density at radius 2 is 2.00 bits per heavy atom. The van der Waals surface area contributed by atoms with Crippen LogP contribution in [0.25, 0.3) is 11.0 Å². The van der Waals surface area contributed by atoms with Gasteiger partial charge in [0.15, 0.2) is 0 Å². The molecular weight excluding hydrogens is 326 g/mol. The summed E-state index contributed by atoms with van der Waals surface area (Å²) in [4.78, 5) is 3.65. The van der Waals surface area contributed by atoms with Crippen LogP contribution in [0, 0.1) is 0 Å². The number of pyridine rings is 1. The van der Waals surface area contributed by atoms with Crippen molar-refractivity contribution in [2.45, 2.75) is 17.7 Å². The van der Waals surface area contributed by atoms with Gasteiger partial charge in [-0.25, -0.2) is 22.2 Å². The van der Waals surface area contributed by atoms with E-state index in [0.717, 1.165) is 6.07 Å². The normalized spacial score (nSPS) is 12.5. The maximum absolute atomic E-state index is 13.6. The van der Waals surface area contributed by atoms with Crippen molar-refractivity contribution < 1.29 is 21.6 Å². The quantitative estimate of drug-likeness (QED) is 0.786. The lowest BCUT2D eigenvalue weighted by molar-refractivity contribution is 0.0180. The van der Waals surface area contributed by atoms with Crippen molar-refractivity contribution in [1.82, 2.24) is 4.98 Å². The zero-order valence-electron chi connectivity index (χ0n) is 12.0. The molecule has 0 saturated heterocycles. The third kappa shape index (κ3) is 3.02. The summed E-state index contributed by atoms with van der Waals surface area (Å²) in [6, 6.07) is 8.29. The second kappa shape index (κ2) is 5.31. The third-order valence-corrected chi connectivity index (χ3v) is 4.58. The van der Waals surface area contributed by atoms with Crippen molar-refractivity contribution in [3.8, 4) is 0 Å². The zero-order chi connectivity index (χ0) is 16.7. The highest BCUT2D eigenvalue weighted by Crippen LogP contribution is 2.32. The van der Waals surface area contributed by atoms with E-state index in [-0.39, 0.29) is 4.90 Å². The summed E-state index contributed by atoms with van der Waals surface area (Å²) in [6.07, 6.45) is 2.68. The first kappa shape index (κ1) is 15.4. The predicted molar refractivity (Wildman–Crippen MR) is 80.8 cm³/mol. The van der Waals surface area contributed by atoms with Crippen LogP contribution < -0.4 is 4.72 Å². The van der Waals surface area contributed by atoms with Crippen molar-refractivity contribution in [2.75, 3.05) is 4.72 Å². The number of fused-ring (bicyclic) bond motifs is 1. The Morgan fingerprint density at radius 3 is 2.74 bits per heavy atom. The minimum Gasteiger partial charge on any atom is -0.464 e. The Hall–Kier alpha value is -2.48. The SMILES string of the molecule is CC(F)(F)c1cccnc1NS(=O)(=O)c1ccc2occc2c1. The largest absolute Gasteiger partial charge is 0.464 e. The Kier molecular flexibility index (Phi) is 3.56. The van der Waals surface area contributed by atoms with E-state index in [2.05, 4.69) is 9.71 Å². The topological polar surface area (TPSA) is 72.2 Å². The van der Waals surface area contributed by atoms with Gasteiger partial charge >= 0.3 is 0 Å². The van der Waals surface area contributed by atoms with E-state index in [0.29, 0.717) is 17.9 Å². The summed E-state index contributed by atoms with van der Waals surface area (Å²) in [5.74, 6) is -3.62. The molecule has 5 nitrogen and oxygen atoms in total. The van der Waals surface area contributed by atoms with Gasteiger partial charge in [-0.1, -0.05) is 0 Å². The molecule has 0 fully saturated rings. The molecule has 0 aliphatic carbocycles. The van der Waals surface area contributed by atoms with Crippen molar-refractivity contribution in [3.05, 3.63) is 54.4 Å². The number of nitrogens with zero attached hydrogens (tertiary/aromatic N) is 1. The maximum Gasteiger partial charge on any atom is 0.274 e. The van der Waals surface area contributed by atoms with E-state index < -0.39 is 27.3 Å². The van der Waals surface area contributed by atoms with Crippen LogP contribution in [0.5, 0.6) is 0 Å². The minimum atomic E-state index is -4.05. The number of benzene rings is 1. The van der Waals surface area contributed by atoms with Crippen LogP contribution in [0.2, 0.25) is 0 Å². The molecule has 0 radical (unpaired) electrons. The Morgan fingerprint density at radius 1 is 1.22 bits per heavy atom. The van der Waals surface area contributed by atoms with E-state index in [4.69, 9.17) is 4.42 Å². The summed E-state index contributed by atoms with van der Waals surface area (Å²) in [5, 5.41) is 0.593. The minimum absolute atomic E-state index is 0.0672. The second-order valence-corrected chi connectivity index (χ2v) is 6.70. The van der Waals surface area contributed by atoms with Crippen LogP contribution in [0.15, 0.2) is 58.2 Å². The summed E-state index contributed by atoms with van der Waals surface area (Å²) < 4.78 is 59.2. The summed E-state index contributed by atoms with van der Waals surface area (Å²) >= 11 is 0. The smallest absolute Gasteiger partial charge is 0.274 e. The first-order chi connectivity index (χ1) is 10.8. The lowest BCUT2D eigenvalue weighted by Crippen LogP contribution is -2.18. The summed E-state index contributed by atoms with van der Waals surface area (Å²) in [5.41, 5.74) is 0.0375. The van der Waals surface area contributed by atoms with E-state index in [9.17, 15) is 17.2 Å². The van der Waals surface area contributed by atoms with E-state index in [1.54, 1.807) is 6.07 Å². The molecule has 1 aromatic carbocycles. The maximum atomic E-state index is 13.6. The molecule has 8 heteroatoms. The van der Waals surface area contributed by atoms with E-state index in [1.807, 2.05) is 0 Å². The monoisotopic (exact) mass is 338 g/mol. The molecule has 23 heavy (non-hydrogen) atoms. The number of sulfonamides is 1. The van der Waals surface area contributed by atoms with Gasteiger partial charge in [-0.2, -0.15) is 0 Å². The van der Waals surface area contributed by atoms with Gasteiger partial charge in [0.1, 0.15) is 11.4 Å². The van der Waals surface area contributed by atoms with Gasteiger partial charge in [0.05, 0.1) is 16.7 Å². The van der Waals surface area contributed by atoms with Crippen LogP contribution in [-0.2, 0) is 15.9 Å². The number of nitrogens with one attached hydrogen (secondary N) is 1. The average molecular weight is 338 g/mol. The van der Waals surface area contributed by atoms with Crippen LogP contribution in [0.4, 0.5) is 14.6 Å². The van der Waals surface area contributed by atoms with E-state index in [1.165, 1.54) is 36.7 Å². The number of hydrogen-bond acceptors (Lipinski definition) is 4. The predicted octanol–water partition coefficient (Wildman–Crippen LogP) is 3.74. The number of anilines is 1. The van der Waals surface area contributed by atoms with Crippen molar-refractivity contribution in [1.29, 1.82) is 0 Å². The fraction of sp³-hybridized carbons (Fsp3) is 0.133. The number of hydrogen-bond donors (Lipinski definition) is 1. The molecule has 0 bridgehead atoms. The Bertz CT molecular complexity index is 962. The molecule has 0 aliphatic rings. The van der Waals surface area contributed by atoms with E-state index >= 15 is 0 Å². The highest BCUT2D eigenvalue weighted by atomic mass is 32.2. The first-order valence-corrected chi connectivity index (χ1v) is 8.09. The first-order valence-electron chi connectivity index (χ1n) is 6.61. The van der Waals surface area contributed by atoms with Gasteiger partial charge in [-0.15, -0.1) is 0 Å². The average Bonchev–Trinajstić information content (AvgIpc) is 2.93. The van der Waals surface area contributed by atoms with Crippen molar-refractivity contribution in [2.24, 2.45) is 0 Å². The molecule has 3 aromatic rings.